The molecule has 2 aromatic carbocycles. The molecule has 0 saturated carbocycles. The molecular weight excluding hydrogens is 410 g/mol. The lowest BCUT2D eigenvalue weighted by atomic mass is 10.1. The number of carbonyl (C=O) groups is 1. The Bertz CT molecular complexity index is 1050. The Morgan fingerprint density at radius 3 is 2.65 bits per heavy atom. The number of fused-ring (bicyclic) bond motifs is 1. The van der Waals surface area contributed by atoms with E-state index in [1.54, 1.807) is 7.11 Å². The number of amides is 1. The van der Waals surface area contributed by atoms with Gasteiger partial charge in [-0.05, 0) is 60.5 Å². The zero-order valence-corrected chi connectivity index (χ0v) is 18.7. The number of morpholine rings is 1. The maximum atomic E-state index is 12.5. The number of thioether (sulfide) groups is 1. The monoisotopic (exact) mass is 437 g/mol. The summed E-state index contributed by atoms with van der Waals surface area (Å²) in [5, 5.41) is 4.93. The van der Waals surface area contributed by atoms with Gasteiger partial charge in [-0.15, -0.1) is 0 Å². The number of rotatable bonds is 7. The van der Waals surface area contributed by atoms with Crippen molar-refractivity contribution in [1.29, 1.82) is 0 Å². The van der Waals surface area contributed by atoms with E-state index < -0.39 is 0 Å². The van der Waals surface area contributed by atoms with Crippen LogP contribution in [0.3, 0.4) is 0 Å². The van der Waals surface area contributed by atoms with Gasteiger partial charge in [-0.3, -0.25) is 4.79 Å². The van der Waals surface area contributed by atoms with Crippen molar-refractivity contribution in [2.24, 2.45) is 0 Å². The maximum Gasteiger partial charge on any atom is 0.234 e. The Morgan fingerprint density at radius 2 is 1.94 bits per heavy atom. The minimum Gasteiger partial charge on any atom is -0.497 e. The SMILES string of the molecule is CCc1cc2cc(OC)ccc2nc1SCC(=O)Nc1ccc(N2CCOCC2)cc1. The second kappa shape index (κ2) is 10.0. The van der Waals surface area contributed by atoms with Crippen molar-refractivity contribution in [2.45, 2.75) is 18.4 Å². The summed E-state index contributed by atoms with van der Waals surface area (Å²) >= 11 is 1.47. The summed E-state index contributed by atoms with van der Waals surface area (Å²) in [6.07, 6.45) is 0.854. The van der Waals surface area contributed by atoms with Crippen LogP contribution in [0, 0.1) is 0 Å². The van der Waals surface area contributed by atoms with Gasteiger partial charge in [0.1, 0.15) is 10.8 Å². The lowest BCUT2D eigenvalue weighted by molar-refractivity contribution is -0.113. The molecule has 6 nitrogen and oxygen atoms in total. The van der Waals surface area contributed by atoms with E-state index in [-0.39, 0.29) is 5.91 Å². The number of hydrogen-bond acceptors (Lipinski definition) is 6. The van der Waals surface area contributed by atoms with Crippen LogP contribution in [-0.4, -0.2) is 50.1 Å². The predicted octanol–water partition coefficient (Wildman–Crippen LogP) is 4.37. The van der Waals surface area contributed by atoms with Crippen LogP contribution >= 0.6 is 11.8 Å². The van der Waals surface area contributed by atoms with E-state index in [0.29, 0.717) is 5.75 Å². The number of aryl methyl sites for hydroxylation is 1. The highest BCUT2D eigenvalue weighted by atomic mass is 32.2. The minimum atomic E-state index is -0.0391. The summed E-state index contributed by atoms with van der Waals surface area (Å²) < 4.78 is 10.7. The van der Waals surface area contributed by atoms with E-state index in [1.807, 2.05) is 42.5 Å². The summed E-state index contributed by atoms with van der Waals surface area (Å²) in [4.78, 5) is 19.6. The van der Waals surface area contributed by atoms with E-state index in [2.05, 4.69) is 23.2 Å². The zero-order chi connectivity index (χ0) is 21.6. The molecule has 7 heteroatoms. The van der Waals surface area contributed by atoms with Crippen LogP contribution in [-0.2, 0) is 16.0 Å². The summed E-state index contributed by atoms with van der Waals surface area (Å²) in [7, 11) is 1.66. The van der Waals surface area contributed by atoms with Crippen LogP contribution in [0.25, 0.3) is 10.9 Å². The first-order valence-corrected chi connectivity index (χ1v) is 11.5. The molecule has 162 valence electrons. The number of anilines is 2. The number of nitrogens with zero attached hydrogens (tertiary/aromatic N) is 2. The number of methoxy groups -OCH3 is 1. The molecule has 1 aliphatic rings. The molecule has 1 amide bonds. The molecule has 1 N–H and O–H groups in total. The highest BCUT2D eigenvalue weighted by Crippen LogP contribution is 2.28. The largest absolute Gasteiger partial charge is 0.497 e. The molecule has 31 heavy (non-hydrogen) atoms. The number of aromatic nitrogens is 1. The highest BCUT2D eigenvalue weighted by Gasteiger charge is 2.13. The van der Waals surface area contributed by atoms with Crippen LogP contribution in [0.5, 0.6) is 5.75 Å². The van der Waals surface area contributed by atoms with Gasteiger partial charge in [0, 0.05) is 29.9 Å². The van der Waals surface area contributed by atoms with Crippen LogP contribution in [0.2, 0.25) is 0 Å². The van der Waals surface area contributed by atoms with Gasteiger partial charge in [0.2, 0.25) is 5.91 Å². The molecule has 4 rings (SSSR count). The van der Waals surface area contributed by atoms with Crippen molar-refractivity contribution in [1.82, 2.24) is 4.98 Å². The standard InChI is InChI=1S/C24H27N3O3S/c1-3-17-14-18-15-21(29-2)8-9-22(18)26-24(17)31-16-23(28)25-19-4-6-20(7-5-19)27-10-12-30-13-11-27/h4-9,14-15H,3,10-13,16H2,1-2H3,(H,25,28). The topological polar surface area (TPSA) is 63.7 Å². The second-order valence-corrected chi connectivity index (χ2v) is 8.31. The molecule has 0 radical (unpaired) electrons. The number of benzene rings is 2. The van der Waals surface area contributed by atoms with Gasteiger partial charge in [-0.2, -0.15) is 0 Å². The third-order valence-corrected chi connectivity index (χ3v) is 6.34. The first-order chi connectivity index (χ1) is 15.2. The highest BCUT2D eigenvalue weighted by molar-refractivity contribution is 8.00. The van der Waals surface area contributed by atoms with E-state index in [9.17, 15) is 4.79 Å². The Balaban J connectivity index is 1.38. The van der Waals surface area contributed by atoms with Crippen LogP contribution in [0.1, 0.15) is 12.5 Å². The average Bonchev–Trinajstić information content (AvgIpc) is 2.82. The van der Waals surface area contributed by atoms with E-state index in [1.165, 1.54) is 11.8 Å². The maximum absolute atomic E-state index is 12.5. The molecule has 1 fully saturated rings. The minimum absolute atomic E-state index is 0.0391. The molecule has 0 spiro atoms. The predicted molar refractivity (Wildman–Crippen MR) is 127 cm³/mol. The van der Waals surface area contributed by atoms with Crippen molar-refractivity contribution in [3.63, 3.8) is 0 Å². The van der Waals surface area contributed by atoms with Gasteiger partial charge in [0.05, 0.1) is 31.6 Å². The van der Waals surface area contributed by atoms with Crippen LogP contribution < -0.4 is 15.0 Å². The van der Waals surface area contributed by atoms with Crippen LogP contribution in [0.15, 0.2) is 53.6 Å². The summed E-state index contributed by atoms with van der Waals surface area (Å²) in [5.41, 5.74) is 3.99. The van der Waals surface area contributed by atoms with Crippen LogP contribution in [0.4, 0.5) is 11.4 Å². The quantitative estimate of drug-likeness (QED) is 0.554. The van der Waals surface area contributed by atoms with Gasteiger partial charge in [-0.1, -0.05) is 18.7 Å². The molecule has 0 bridgehead atoms. The molecule has 0 unspecified atom stereocenters. The zero-order valence-electron chi connectivity index (χ0n) is 17.9. The first-order valence-electron chi connectivity index (χ1n) is 10.5. The molecule has 1 saturated heterocycles. The van der Waals surface area contributed by atoms with Gasteiger partial charge in [0.25, 0.3) is 0 Å². The van der Waals surface area contributed by atoms with Gasteiger partial charge >= 0.3 is 0 Å². The lowest BCUT2D eigenvalue weighted by Crippen LogP contribution is -2.36. The van der Waals surface area contributed by atoms with Crippen molar-refractivity contribution in [3.05, 3.63) is 54.1 Å². The van der Waals surface area contributed by atoms with Crippen molar-refractivity contribution in [3.8, 4) is 5.75 Å². The summed E-state index contributed by atoms with van der Waals surface area (Å²) in [6, 6.07) is 16.0. The smallest absolute Gasteiger partial charge is 0.234 e. The lowest BCUT2D eigenvalue weighted by Gasteiger charge is -2.28. The Morgan fingerprint density at radius 1 is 1.16 bits per heavy atom. The van der Waals surface area contributed by atoms with Gasteiger partial charge in [0.15, 0.2) is 0 Å². The van der Waals surface area contributed by atoms with Crippen molar-refractivity contribution >= 4 is 39.9 Å². The Kier molecular flexibility index (Phi) is 6.94. The summed E-state index contributed by atoms with van der Waals surface area (Å²) in [6.45, 7) is 5.40. The molecule has 0 atom stereocenters. The van der Waals surface area contributed by atoms with Crippen molar-refractivity contribution in [2.75, 3.05) is 49.4 Å². The van der Waals surface area contributed by atoms with E-state index in [0.717, 1.165) is 71.3 Å². The Hall–Kier alpha value is -2.77. The molecular formula is C24H27N3O3S. The van der Waals surface area contributed by atoms with E-state index >= 15 is 0 Å². The Labute approximate surface area is 186 Å². The second-order valence-electron chi connectivity index (χ2n) is 7.35. The van der Waals surface area contributed by atoms with Crippen molar-refractivity contribution < 1.29 is 14.3 Å². The third kappa shape index (κ3) is 5.29. The number of hydrogen-bond donors (Lipinski definition) is 1. The third-order valence-electron chi connectivity index (χ3n) is 5.31. The first kappa shape index (κ1) is 21.5. The number of nitrogens with one attached hydrogen (secondary N) is 1. The summed E-state index contributed by atoms with van der Waals surface area (Å²) in [5.74, 6) is 1.09. The number of carbonyl (C=O) groups excluding carboxylic acids is 1. The molecule has 1 aromatic heterocycles. The molecule has 1 aliphatic heterocycles. The molecule has 0 aliphatic carbocycles. The molecule has 3 aromatic rings. The van der Waals surface area contributed by atoms with Gasteiger partial charge < -0.3 is 19.7 Å². The van der Waals surface area contributed by atoms with E-state index in [4.69, 9.17) is 14.5 Å². The fourth-order valence-electron chi connectivity index (χ4n) is 3.59. The normalized spacial score (nSPS) is 13.9. The van der Waals surface area contributed by atoms with Gasteiger partial charge in [-0.25, -0.2) is 4.98 Å². The number of pyridine rings is 1. The fourth-order valence-corrected chi connectivity index (χ4v) is 4.49. The average molecular weight is 438 g/mol. The molecule has 2 heterocycles. The number of ether oxygens (including phenoxy) is 2. The fraction of sp³-hybridized carbons (Fsp3) is 0.333.